The number of hydrogen-bond donors (Lipinski definition) is 0. The zero-order valence-corrected chi connectivity index (χ0v) is 36.3. The van der Waals surface area contributed by atoms with E-state index in [9.17, 15) is 0 Å². The van der Waals surface area contributed by atoms with E-state index in [2.05, 4.69) is 145 Å². The predicted octanol–water partition coefficient (Wildman–Crippen LogP) is 16.7. The summed E-state index contributed by atoms with van der Waals surface area (Å²) in [7, 11) is 0. The molecule has 0 amide bonds. The molecule has 0 N–H and O–H groups in total. The highest BCUT2D eigenvalue weighted by atomic mass is 14.2. The van der Waals surface area contributed by atoms with Gasteiger partial charge in [-0.25, -0.2) is 0 Å². The van der Waals surface area contributed by atoms with E-state index in [1.165, 1.54) is 70.6 Å². The maximum Gasteiger partial charge on any atom is -0.0420 e. The van der Waals surface area contributed by atoms with Crippen LogP contribution in [0.25, 0.3) is 0 Å². The van der Waals surface area contributed by atoms with Crippen LogP contribution in [0.3, 0.4) is 0 Å². The molecule has 0 heteroatoms. The Hall–Kier alpha value is 0. The van der Waals surface area contributed by atoms with Crippen LogP contribution in [0, 0.1) is 76.9 Å². The van der Waals surface area contributed by atoms with Crippen LogP contribution in [-0.2, 0) is 0 Å². The van der Waals surface area contributed by atoms with Gasteiger partial charge in [0, 0.05) is 0 Å². The second-order valence-corrected chi connectivity index (χ2v) is 18.7. The summed E-state index contributed by atoms with van der Waals surface area (Å²) in [5.74, 6) is 11.5. The van der Waals surface area contributed by atoms with Crippen LogP contribution in [0.4, 0.5) is 0 Å². The van der Waals surface area contributed by atoms with Crippen LogP contribution in [0.1, 0.15) is 216 Å². The fourth-order valence-electron chi connectivity index (χ4n) is 4.74. The number of rotatable bonds is 20. The standard InChI is InChI=1S/C12H26.3C11H24/c1-9(2)11(5)7-8-12(6)10(3)4;3*1-9(2)7-6-8-11(5)10(3)4/h9-12H,7-8H2,1-6H3;3*9-11H,6-8H2,1-5H3/t11-,12+;3*11-/m.111/s1. The fourth-order valence-corrected chi connectivity index (χ4v) is 4.74. The van der Waals surface area contributed by atoms with Crippen LogP contribution >= 0.6 is 0 Å². The summed E-state index contributed by atoms with van der Waals surface area (Å²) in [6.45, 7) is 48.9. The highest BCUT2D eigenvalue weighted by Gasteiger charge is 2.12. The molecule has 0 unspecified atom stereocenters. The summed E-state index contributed by atoms with van der Waals surface area (Å²) < 4.78 is 0. The molecule has 0 nitrogen and oxygen atoms in total. The molecule has 5 atom stereocenters. The first kappa shape index (κ1) is 51.8. The van der Waals surface area contributed by atoms with Gasteiger partial charge in [-0.05, 0) is 76.9 Å². The van der Waals surface area contributed by atoms with Crippen molar-refractivity contribution in [2.45, 2.75) is 216 Å². The van der Waals surface area contributed by atoms with Gasteiger partial charge in [0.05, 0.1) is 0 Å². The summed E-state index contributed by atoms with van der Waals surface area (Å²) in [6.07, 6.45) is 15.5. The molecular formula is C45H98. The summed E-state index contributed by atoms with van der Waals surface area (Å²) in [5.41, 5.74) is 0. The second kappa shape index (κ2) is 32.5. The topological polar surface area (TPSA) is 0 Å². The molecule has 0 heterocycles. The number of hydrogen-bond acceptors (Lipinski definition) is 0. The zero-order chi connectivity index (χ0) is 36.3. The third-order valence-electron chi connectivity index (χ3n) is 11.1. The third-order valence-corrected chi connectivity index (χ3v) is 11.1. The average Bonchev–Trinajstić information content (AvgIpc) is 2.91. The van der Waals surface area contributed by atoms with E-state index < -0.39 is 0 Å². The Morgan fingerprint density at radius 2 is 0.356 bits per heavy atom. The Labute approximate surface area is 292 Å². The van der Waals surface area contributed by atoms with Crippen molar-refractivity contribution in [3.05, 3.63) is 0 Å². The van der Waals surface area contributed by atoms with Crippen LogP contribution in [0.15, 0.2) is 0 Å². The van der Waals surface area contributed by atoms with E-state index in [4.69, 9.17) is 0 Å². The van der Waals surface area contributed by atoms with Crippen LogP contribution in [0.2, 0.25) is 0 Å². The SMILES string of the molecule is CC(C)CCC[C@@H](C)C(C)C.CC(C)CCC[C@@H](C)C(C)C.CC(C)CCC[C@@H](C)C(C)C.CC(C)[C@H](C)CC[C@H](C)C(C)C. The normalized spacial score (nSPS) is 15.1. The first-order valence-corrected chi connectivity index (χ1v) is 20.6. The molecule has 0 aliphatic heterocycles. The van der Waals surface area contributed by atoms with E-state index >= 15 is 0 Å². The summed E-state index contributed by atoms with van der Waals surface area (Å²) >= 11 is 0. The minimum Gasteiger partial charge on any atom is -0.0628 e. The van der Waals surface area contributed by atoms with Gasteiger partial charge >= 0.3 is 0 Å². The lowest BCUT2D eigenvalue weighted by Crippen LogP contribution is -2.09. The molecule has 0 aromatic carbocycles. The molecule has 0 aliphatic carbocycles. The summed E-state index contributed by atoms with van der Waals surface area (Å²) in [5, 5.41) is 0. The molecule has 0 rings (SSSR count). The van der Waals surface area contributed by atoms with E-state index in [1.807, 2.05) is 0 Å². The molecule has 278 valence electrons. The summed E-state index contributed by atoms with van der Waals surface area (Å²) in [6, 6.07) is 0. The maximum atomic E-state index is 2.37. The monoisotopic (exact) mass is 639 g/mol. The van der Waals surface area contributed by atoms with E-state index in [0.29, 0.717) is 0 Å². The predicted molar refractivity (Wildman–Crippen MR) is 215 cm³/mol. The van der Waals surface area contributed by atoms with Crippen molar-refractivity contribution < 1.29 is 0 Å². The van der Waals surface area contributed by atoms with Gasteiger partial charge in [-0.3, -0.25) is 0 Å². The lowest BCUT2D eigenvalue weighted by molar-refractivity contribution is 0.312. The quantitative estimate of drug-likeness (QED) is 0.124. The Bertz CT molecular complexity index is 477. The van der Waals surface area contributed by atoms with E-state index in [1.54, 1.807) is 0 Å². The molecule has 0 aliphatic rings. The van der Waals surface area contributed by atoms with Gasteiger partial charge in [0.2, 0.25) is 0 Å². The van der Waals surface area contributed by atoms with Gasteiger partial charge in [0.1, 0.15) is 0 Å². The molecule has 0 bridgehead atoms. The largest absolute Gasteiger partial charge is 0.0628 e. The zero-order valence-electron chi connectivity index (χ0n) is 36.3. The third kappa shape index (κ3) is 42.0. The molecular weight excluding hydrogens is 540 g/mol. The van der Waals surface area contributed by atoms with Gasteiger partial charge in [-0.2, -0.15) is 0 Å². The second-order valence-electron chi connectivity index (χ2n) is 18.7. The minimum absolute atomic E-state index is 0.851. The molecule has 0 spiro atoms. The highest BCUT2D eigenvalue weighted by molar-refractivity contribution is 4.63. The molecule has 0 saturated carbocycles. The van der Waals surface area contributed by atoms with Crippen LogP contribution < -0.4 is 0 Å². The summed E-state index contributed by atoms with van der Waals surface area (Å²) in [4.78, 5) is 0. The van der Waals surface area contributed by atoms with Crippen molar-refractivity contribution >= 4 is 0 Å². The Morgan fingerprint density at radius 3 is 0.489 bits per heavy atom. The lowest BCUT2D eigenvalue weighted by atomic mass is 9.86. The van der Waals surface area contributed by atoms with Crippen molar-refractivity contribution in [1.29, 1.82) is 0 Å². The fraction of sp³-hybridized carbons (Fsp3) is 1.00. The minimum atomic E-state index is 0.851. The molecule has 0 saturated heterocycles. The van der Waals surface area contributed by atoms with E-state index in [-0.39, 0.29) is 0 Å². The van der Waals surface area contributed by atoms with Crippen molar-refractivity contribution in [3.8, 4) is 0 Å². The van der Waals surface area contributed by atoms with Crippen molar-refractivity contribution in [2.75, 3.05) is 0 Å². The van der Waals surface area contributed by atoms with Crippen molar-refractivity contribution in [1.82, 2.24) is 0 Å². The van der Waals surface area contributed by atoms with Crippen LogP contribution in [-0.4, -0.2) is 0 Å². The van der Waals surface area contributed by atoms with Gasteiger partial charge in [0.15, 0.2) is 0 Å². The Balaban J connectivity index is -0.000000249. The Kier molecular flexibility index (Phi) is 37.5. The molecule has 45 heavy (non-hydrogen) atoms. The first-order chi connectivity index (χ1) is 20.6. The molecule has 0 aromatic heterocycles. The molecule has 0 radical (unpaired) electrons. The van der Waals surface area contributed by atoms with Gasteiger partial charge in [-0.1, -0.05) is 216 Å². The maximum absolute atomic E-state index is 2.37. The first-order valence-electron chi connectivity index (χ1n) is 20.6. The van der Waals surface area contributed by atoms with Crippen molar-refractivity contribution in [3.63, 3.8) is 0 Å². The van der Waals surface area contributed by atoms with Gasteiger partial charge < -0.3 is 0 Å². The average molecular weight is 639 g/mol. The highest BCUT2D eigenvalue weighted by Crippen LogP contribution is 2.23. The smallest absolute Gasteiger partial charge is 0.0420 e. The lowest BCUT2D eigenvalue weighted by Gasteiger charge is -2.20. The van der Waals surface area contributed by atoms with Gasteiger partial charge in [0.25, 0.3) is 0 Å². The van der Waals surface area contributed by atoms with E-state index in [0.717, 1.165) is 76.9 Å². The van der Waals surface area contributed by atoms with Crippen LogP contribution in [0.5, 0.6) is 0 Å². The van der Waals surface area contributed by atoms with Crippen molar-refractivity contribution in [2.24, 2.45) is 76.9 Å². The van der Waals surface area contributed by atoms with Gasteiger partial charge in [-0.15, -0.1) is 0 Å². The molecule has 0 aromatic rings. The Morgan fingerprint density at radius 1 is 0.200 bits per heavy atom. The molecule has 0 fully saturated rings.